The lowest BCUT2D eigenvalue weighted by Crippen LogP contribution is -2.26. The average Bonchev–Trinajstić information content (AvgIpc) is 2.91. The second-order valence-electron chi connectivity index (χ2n) is 5.10. The molecule has 0 aliphatic heterocycles. The van der Waals surface area contributed by atoms with E-state index in [1.807, 2.05) is 32.0 Å². The molecule has 0 saturated heterocycles. The molecule has 1 aromatic heterocycles. The molecule has 0 bridgehead atoms. The zero-order valence-electron chi connectivity index (χ0n) is 12.2. The third-order valence-electron chi connectivity index (χ3n) is 3.32. The Hall–Kier alpha value is -2.56. The lowest BCUT2D eigenvalue weighted by molar-refractivity contribution is 0.0695. The van der Waals surface area contributed by atoms with Gasteiger partial charge in [0.1, 0.15) is 6.26 Å². The van der Waals surface area contributed by atoms with Crippen molar-refractivity contribution in [2.75, 3.05) is 7.05 Å². The van der Waals surface area contributed by atoms with Crippen molar-refractivity contribution in [3.63, 3.8) is 0 Å². The van der Waals surface area contributed by atoms with E-state index in [1.54, 1.807) is 7.05 Å². The van der Waals surface area contributed by atoms with Crippen molar-refractivity contribution in [2.45, 2.75) is 20.4 Å². The maximum Gasteiger partial charge on any atom is 0.338 e. The van der Waals surface area contributed by atoms with Gasteiger partial charge in [0.05, 0.1) is 5.56 Å². The fourth-order valence-electron chi connectivity index (χ4n) is 2.05. The Morgan fingerprint density at radius 2 is 1.95 bits per heavy atom. The summed E-state index contributed by atoms with van der Waals surface area (Å²) in [4.78, 5) is 24.5. The zero-order valence-corrected chi connectivity index (χ0v) is 12.2. The van der Waals surface area contributed by atoms with Gasteiger partial charge in [0, 0.05) is 19.7 Å². The van der Waals surface area contributed by atoms with Crippen LogP contribution in [0.4, 0.5) is 0 Å². The molecule has 1 N–H and O–H groups in total. The predicted molar refractivity (Wildman–Crippen MR) is 77.4 cm³/mol. The minimum atomic E-state index is -1.12. The number of hydrogen-bond donors (Lipinski definition) is 1. The molecule has 1 aromatic carbocycles. The summed E-state index contributed by atoms with van der Waals surface area (Å²) in [5, 5.41) is 8.84. The van der Waals surface area contributed by atoms with Crippen LogP contribution in [0.5, 0.6) is 0 Å². The normalized spacial score (nSPS) is 10.4. The predicted octanol–water partition coefficient (Wildman–Crippen LogP) is 2.87. The number of amides is 1. The first-order chi connectivity index (χ1) is 9.88. The topological polar surface area (TPSA) is 70.8 Å². The summed E-state index contributed by atoms with van der Waals surface area (Å²) < 4.78 is 5.03. The number of nitrogens with zero attached hydrogens (tertiary/aromatic N) is 1. The molecular weight excluding hydrogens is 270 g/mol. The number of aromatic carboxylic acids is 1. The van der Waals surface area contributed by atoms with Crippen LogP contribution in [0.2, 0.25) is 0 Å². The number of benzene rings is 1. The van der Waals surface area contributed by atoms with E-state index in [0.717, 1.165) is 23.0 Å². The number of furan rings is 1. The zero-order chi connectivity index (χ0) is 15.6. The minimum absolute atomic E-state index is 0.0280. The summed E-state index contributed by atoms with van der Waals surface area (Å²) in [6, 6.07) is 7.30. The summed E-state index contributed by atoms with van der Waals surface area (Å²) in [5.41, 5.74) is 3.25. The highest BCUT2D eigenvalue weighted by Gasteiger charge is 2.18. The van der Waals surface area contributed by atoms with E-state index in [4.69, 9.17) is 9.52 Å². The number of aryl methyl sites for hydroxylation is 2. The first kappa shape index (κ1) is 14.8. The third kappa shape index (κ3) is 3.31. The van der Waals surface area contributed by atoms with Crippen LogP contribution in [-0.2, 0) is 6.54 Å². The molecule has 0 atom stereocenters. The molecule has 0 fully saturated rings. The average molecular weight is 287 g/mol. The fourth-order valence-corrected chi connectivity index (χ4v) is 2.05. The Morgan fingerprint density at radius 1 is 1.24 bits per heavy atom. The molecule has 21 heavy (non-hydrogen) atoms. The number of carboxylic acid groups (broad SMARTS) is 1. The molecule has 0 radical (unpaired) electrons. The van der Waals surface area contributed by atoms with Gasteiger partial charge in [0.2, 0.25) is 0 Å². The minimum Gasteiger partial charge on any atom is -0.478 e. The number of rotatable bonds is 4. The fraction of sp³-hybridized carbons (Fsp3) is 0.250. The van der Waals surface area contributed by atoms with Crippen LogP contribution in [0.1, 0.15) is 37.6 Å². The molecule has 2 rings (SSSR count). The van der Waals surface area contributed by atoms with Gasteiger partial charge in [-0.2, -0.15) is 0 Å². The Labute approximate surface area is 122 Å². The molecule has 0 unspecified atom stereocenters. The van der Waals surface area contributed by atoms with Gasteiger partial charge >= 0.3 is 5.97 Å². The second kappa shape index (κ2) is 5.83. The molecule has 0 saturated carbocycles. The first-order valence-electron chi connectivity index (χ1n) is 6.52. The number of carbonyl (C=O) groups is 2. The third-order valence-corrected chi connectivity index (χ3v) is 3.32. The van der Waals surface area contributed by atoms with Crippen LogP contribution in [0.3, 0.4) is 0 Å². The number of carboxylic acids is 1. The Kier molecular flexibility index (Phi) is 4.12. The van der Waals surface area contributed by atoms with Crippen molar-refractivity contribution in [3.05, 3.63) is 58.5 Å². The van der Waals surface area contributed by atoms with Crippen molar-refractivity contribution in [1.29, 1.82) is 0 Å². The highest BCUT2D eigenvalue weighted by molar-refractivity contribution is 5.95. The lowest BCUT2D eigenvalue weighted by Gasteiger charge is -2.17. The highest BCUT2D eigenvalue weighted by atomic mass is 16.4. The standard InChI is InChI=1S/C16H17NO4/c1-10-4-5-11(2)12(6-10)8-17(3)15(18)14-7-13(9-21-14)16(19)20/h4-7,9H,8H2,1-3H3,(H,19,20). The van der Waals surface area contributed by atoms with Gasteiger partial charge in [-0.15, -0.1) is 0 Å². The van der Waals surface area contributed by atoms with Gasteiger partial charge in [-0.25, -0.2) is 4.79 Å². The van der Waals surface area contributed by atoms with Gasteiger partial charge in [-0.05, 0) is 25.0 Å². The number of hydrogen-bond acceptors (Lipinski definition) is 3. The second-order valence-corrected chi connectivity index (χ2v) is 5.10. The lowest BCUT2D eigenvalue weighted by atomic mass is 10.1. The molecule has 1 amide bonds. The molecule has 0 aliphatic carbocycles. The van der Waals surface area contributed by atoms with Crippen molar-refractivity contribution in [1.82, 2.24) is 4.90 Å². The molecule has 110 valence electrons. The number of carbonyl (C=O) groups excluding carboxylic acids is 1. The van der Waals surface area contributed by atoms with E-state index < -0.39 is 5.97 Å². The van der Waals surface area contributed by atoms with Crippen molar-refractivity contribution in [3.8, 4) is 0 Å². The van der Waals surface area contributed by atoms with Gasteiger partial charge in [-0.3, -0.25) is 4.79 Å². The van der Waals surface area contributed by atoms with Crippen LogP contribution >= 0.6 is 0 Å². The maximum atomic E-state index is 12.2. The van der Waals surface area contributed by atoms with E-state index in [1.165, 1.54) is 11.0 Å². The Balaban J connectivity index is 2.15. The summed E-state index contributed by atoms with van der Waals surface area (Å²) in [5.74, 6) is -1.43. The van der Waals surface area contributed by atoms with E-state index in [0.29, 0.717) is 6.54 Å². The molecule has 0 spiro atoms. The van der Waals surface area contributed by atoms with Crippen molar-refractivity contribution < 1.29 is 19.1 Å². The molecule has 2 aromatic rings. The van der Waals surface area contributed by atoms with Crippen molar-refractivity contribution in [2.24, 2.45) is 0 Å². The van der Waals surface area contributed by atoms with Gasteiger partial charge < -0.3 is 14.4 Å². The van der Waals surface area contributed by atoms with Crippen LogP contribution in [0, 0.1) is 13.8 Å². The largest absolute Gasteiger partial charge is 0.478 e. The molecule has 1 heterocycles. The molecular formula is C16H17NO4. The van der Waals surface area contributed by atoms with E-state index >= 15 is 0 Å². The van der Waals surface area contributed by atoms with Gasteiger partial charge in [0.25, 0.3) is 5.91 Å². The summed E-state index contributed by atoms with van der Waals surface area (Å²) in [6.07, 6.45) is 1.07. The Bertz CT molecular complexity index is 687. The molecule has 5 heteroatoms. The smallest absolute Gasteiger partial charge is 0.338 e. The van der Waals surface area contributed by atoms with E-state index in [-0.39, 0.29) is 17.2 Å². The van der Waals surface area contributed by atoms with E-state index in [2.05, 4.69) is 0 Å². The summed E-state index contributed by atoms with van der Waals surface area (Å²) in [7, 11) is 1.66. The summed E-state index contributed by atoms with van der Waals surface area (Å²) >= 11 is 0. The van der Waals surface area contributed by atoms with Gasteiger partial charge in [0.15, 0.2) is 5.76 Å². The van der Waals surface area contributed by atoms with Crippen LogP contribution in [0.15, 0.2) is 34.9 Å². The van der Waals surface area contributed by atoms with Crippen molar-refractivity contribution >= 4 is 11.9 Å². The highest BCUT2D eigenvalue weighted by Crippen LogP contribution is 2.15. The first-order valence-corrected chi connectivity index (χ1v) is 6.52. The van der Waals surface area contributed by atoms with Crippen LogP contribution in [-0.4, -0.2) is 28.9 Å². The van der Waals surface area contributed by atoms with Crippen LogP contribution in [0.25, 0.3) is 0 Å². The Morgan fingerprint density at radius 3 is 2.57 bits per heavy atom. The maximum absolute atomic E-state index is 12.2. The monoisotopic (exact) mass is 287 g/mol. The van der Waals surface area contributed by atoms with Crippen LogP contribution < -0.4 is 0 Å². The SMILES string of the molecule is Cc1ccc(C)c(CN(C)C(=O)c2cc(C(=O)O)co2)c1. The van der Waals surface area contributed by atoms with Gasteiger partial charge in [-0.1, -0.05) is 23.8 Å². The van der Waals surface area contributed by atoms with E-state index in [9.17, 15) is 9.59 Å². The molecule has 0 aliphatic rings. The molecule has 5 nitrogen and oxygen atoms in total. The quantitative estimate of drug-likeness (QED) is 0.938. The summed E-state index contributed by atoms with van der Waals surface area (Å²) in [6.45, 7) is 4.42.